The fraction of sp³-hybridized carbons (Fsp3) is 0.409. The average molecular weight is 520 g/mol. The lowest BCUT2D eigenvalue weighted by Gasteiger charge is -2.40. The number of para-hydroxylation sites is 1. The van der Waals surface area contributed by atoms with E-state index in [1.54, 1.807) is 11.6 Å². The van der Waals surface area contributed by atoms with Gasteiger partial charge in [0.05, 0.1) is 28.7 Å². The van der Waals surface area contributed by atoms with E-state index in [9.17, 15) is 9.90 Å². The summed E-state index contributed by atoms with van der Waals surface area (Å²) in [5.74, 6) is -0.280. The van der Waals surface area contributed by atoms with Crippen LogP contribution in [0.5, 0.6) is 0 Å². The van der Waals surface area contributed by atoms with Gasteiger partial charge in [0.2, 0.25) is 6.41 Å². The van der Waals surface area contributed by atoms with Gasteiger partial charge in [0, 0.05) is 36.9 Å². The van der Waals surface area contributed by atoms with Gasteiger partial charge in [0.1, 0.15) is 5.69 Å². The molecule has 2 aromatic heterocycles. The molecule has 1 amide bonds. The number of aromatic nitrogens is 2. The molecule has 4 rings (SSSR count). The summed E-state index contributed by atoms with van der Waals surface area (Å²) in [7, 11) is 0. The van der Waals surface area contributed by atoms with E-state index in [1.807, 2.05) is 49.9 Å². The minimum Gasteiger partial charge on any atom is -0.367 e. The number of amides is 1. The summed E-state index contributed by atoms with van der Waals surface area (Å²) in [6.45, 7) is 8.36. The number of carbonyl (C=O) groups excluding carboxylic acids is 1. The van der Waals surface area contributed by atoms with E-state index in [4.69, 9.17) is 4.74 Å². The number of aliphatic hydroxyl groups excluding tert-OH is 1. The summed E-state index contributed by atoms with van der Waals surface area (Å²) in [6, 6.07) is 7.88. The van der Waals surface area contributed by atoms with Gasteiger partial charge in [0.15, 0.2) is 3.92 Å². The van der Waals surface area contributed by atoms with Crippen molar-refractivity contribution < 1.29 is 14.6 Å². The molecule has 2 N–H and O–H groups in total. The molecule has 3 heterocycles. The van der Waals surface area contributed by atoms with Crippen LogP contribution >= 0.6 is 27.3 Å². The molecule has 8 nitrogen and oxygen atoms in total. The Hall–Kier alpha value is -2.11. The predicted molar refractivity (Wildman–Crippen MR) is 130 cm³/mol. The van der Waals surface area contributed by atoms with Crippen LogP contribution in [0.3, 0.4) is 0 Å². The number of carbonyl (C=O) groups is 1. The number of nitrogens with one attached hydrogen (secondary N) is 1. The highest BCUT2D eigenvalue weighted by Gasteiger charge is 2.28. The number of hydrogen-bond acceptors (Lipinski definition) is 8. The number of ether oxygens (including phenoxy) is 1. The van der Waals surface area contributed by atoms with Gasteiger partial charge < -0.3 is 20.1 Å². The summed E-state index contributed by atoms with van der Waals surface area (Å²) in [4.78, 5) is 25.7. The average Bonchev–Trinajstić information content (AvgIpc) is 3.19. The van der Waals surface area contributed by atoms with Crippen LogP contribution in [0, 0.1) is 0 Å². The third kappa shape index (κ3) is 5.26. The first-order valence-electron chi connectivity index (χ1n) is 10.4. The van der Waals surface area contributed by atoms with E-state index < -0.39 is 12.0 Å². The number of pyridine rings is 1. The fourth-order valence-electron chi connectivity index (χ4n) is 3.66. The maximum Gasteiger partial charge on any atom is 0.275 e. The zero-order valence-electron chi connectivity index (χ0n) is 18.2. The molecular weight excluding hydrogens is 494 g/mol. The van der Waals surface area contributed by atoms with Crippen molar-refractivity contribution in [1.29, 1.82) is 0 Å². The van der Waals surface area contributed by atoms with Crippen LogP contribution in [0.2, 0.25) is 0 Å². The van der Waals surface area contributed by atoms with Crippen molar-refractivity contribution in [3.05, 3.63) is 45.5 Å². The molecule has 32 heavy (non-hydrogen) atoms. The number of piperazine rings is 1. The second-order valence-electron chi connectivity index (χ2n) is 8.56. The Labute approximate surface area is 199 Å². The van der Waals surface area contributed by atoms with Crippen molar-refractivity contribution in [3.63, 3.8) is 0 Å². The summed E-state index contributed by atoms with van der Waals surface area (Å²) in [6.07, 6.45) is 0.745. The molecule has 0 saturated carbocycles. The summed E-state index contributed by atoms with van der Waals surface area (Å²) in [5.41, 5.74) is 2.34. The number of nitrogens with zero attached hydrogens (tertiary/aromatic N) is 4. The first kappa shape index (κ1) is 23.1. The summed E-state index contributed by atoms with van der Waals surface area (Å²) < 4.78 is 6.36. The molecule has 0 bridgehead atoms. The maximum atomic E-state index is 12.8. The van der Waals surface area contributed by atoms with Crippen molar-refractivity contribution in [1.82, 2.24) is 14.9 Å². The third-order valence-corrected chi connectivity index (χ3v) is 6.47. The molecule has 170 valence electrons. The highest BCUT2D eigenvalue weighted by Crippen LogP contribution is 2.34. The van der Waals surface area contributed by atoms with Gasteiger partial charge in [-0.05, 0) is 42.8 Å². The number of rotatable bonds is 5. The highest BCUT2D eigenvalue weighted by molar-refractivity contribution is 9.11. The summed E-state index contributed by atoms with van der Waals surface area (Å²) >= 11 is 4.66. The molecule has 0 radical (unpaired) electrons. The van der Waals surface area contributed by atoms with E-state index in [-0.39, 0.29) is 5.91 Å². The van der Waals surface area contributed by atoms with Crippen LogP contribution in [0.4, 0.5) is 11.4 Å². The molecule has 1 aliphatic rings. The number of hydrogen-bond donors (Lipinski definition) is 2. The number of anilines is 2. The SMILES string of the molecule is CC(C)(C)OC(O)N1CCN(c2c(NC(=O)c3csc(Br)n3)cnc3ccccc23)CC1. The standard InChI is InChI=1S/C22H26BrN5O3S/c1-22(2,3)31-21(30)28-10-8-27(9-11-28)18-14-6-4-5-7-15(14)24-12-16(18)25-19(29)17-13-32-20(23)26-17/h4-7,12-13,21,30H,8-11H2,1-3H3,(H,25,29). The molecule has 1 atom stereocenters. The number of thiazole rings is 1. The van der Waals surface area contributed by atoms with Crippen molar-refractivity contribution in [3.8, 4) is 0 Å². The highest BCUT2D eigenvalue weighted by atomic mass is 79.9. The van der Waals surface area contributed by atoms with Gasteiger partial charge in [-0.2, -0.15) is 0 Å². The van der Waals surface area contributed by atoms with Gasteiger partial charge >= 0.3 is 0 Å². The topological polar surface area (TPSA) is 90.8 Å². The molecule has 1 unspecified atom stereocenters. The van der Waals surface area contributed by atoms with Crippen molar-refractivity contribution >= 4 is 55.5 Å². The molecule has 0 aliphatic carbocycles. The van der Waals surface area contributed by atoms with Crippen LogP contribution in [-0.2, 0) is 4.74 Å². The Morgan fingerprint density at radius 2 is 1.97 bits per heavy atom. The normalized spacial score (nSPS) is 16.3. The Kier molecular flexibility index (Phi) is 6.78. The van der Waals surface area contributed by atoms with Gasteiger partial charge in [-0.1, -0.05) is 18.2 Å². The lowest BCUT2D eigenvalue weighted by molar-refractivity contribution is -0.239. The Balaban J connectivity index is 1.58. The lowest BCUT2D eigenvalue weighted by Crippen LogP contribution is -2.52. The van der Waals surface area contributed by atoms with E-state index in [0.717, 1.165) is 16.6 Å². The van der Waals surface area contributed by atoms with Crippen LogP contribution in [0.1, 0.15) is 31.3 Å². The quantitative estimate of drug-likeness (QED) is 0.493. The number of benzene rings is 1. The van der Waals surface area contributed by atoms with Crippen molar-refractivity contribution in [2.24, 2.45) is 0 Å². The Bertz CT molecular complexity index is 1110. The van der Waals surface area contributed by atoms with Crippen LogP contribution in [0.25, 0.3) is 10.9 Å². The molecule has 1 aromatic carbocycles. The fourth-order valence-corrected chi connectivity index (χ4v) is 4.65. The second kappa shape index (κ2) is 9.40. The monoisotopic (exact) mass is 519 g/mol. The molecule has 0 spiro atoms. The van der Waals surface area contributed by atoms with Gasteiger partial charge in [-0.25, -0.2) is 4.98 Å². The number of halogens is 1. The molecule has 3 aromatic rings. The molecular formula is C22H26BrN5O3S. The second-order valence-corrected chi connectivity index (χ2v) is 10.7. The van der Waals surface area contributed by atoms with Crippen molar-refractivity contribution in [2.75, 3.05) is 36.4 Å². The van der Waals surface area contributed by atoms with Crippen molar-refractivity contribution in [2.45, 2.75) is 32.8 Å². The van der Waals surface area contributed by atoms with E-state index in [0.29, 0.717) is 41.5 Å². The maximum absolute atomic E-state index is 12.8. The largest absolute Gasteiger partial charge is 0.367 e. The van der Waals surface area contributed by atoms with E-state index in [2.05, 4.69) is 36.1 Å². The van der Waals surface area contributed by atoms with Gasteiger partial charge in [-0.3, -0.25) is 14.7 Å². The molecule has 1 aliphatic heterocycles. The zero-order chi connectivity index (χ0) is 22.9. The minimum atomic E-state index is -0.950. The van der Waals surface area contributed by atoms with Crippen LogP contribution < -0.4 is 10.2 Å². The summed E-state index contributed by atoms with van der Waals surface area (Å²) in [5, 5.41) is 16.1. The van der Waals surface area contributed by atoms with Crippen LogP contribution in [0.15, 0.2) is 39.8 Å². The van der Waals surface area contributed by atoms with E-state index in [1.165, 1.54) is 11.3 Å². The van der Waals surface area contributed by atoms with Gasteiger partial charge in [-0.15, -0.1) is 11.3 Å². The lowest BCUT2D eigenvalue weighted by atomic mass is 10.1. The third-order valence-electron chi connectivity index (χ3n) is 5.11. The first-order chi connectivity index (χ1) is 15.2. The number of aliphatic hydroxyl groups is 1. The predicted octanol–water partition coefficient (Wildman–Crippen LogP) is 3.92. The number of fused-ring (bicyclic) bond motifs is 1. The van der Waals surface area contributed by atoms with Crippen LogP contribution in [-0.4, -0.2) is 64.1 Å². The zero-order valence-corrected chi connectivity index (χ0v) is 20.6. The Morgan fingerprint density at radius 3 is 2.62 bits per heavy atom. The first-order valence-corrected chi connectivity index (χ1v) is 12.0. The molecule has 10 heteroatoms. The Morgan fingerprint density at radius 1 is 1.25 bits per heavy atom. The smallest absolute Gasteiger partial charge is 0.275 e. The van der Waals surface area contributed by atoms with E-state index >= 15 is 0 Å². The van der Waals surface area contributed by atoms with Gasteiger partial charge in [0.25, 0.3) is 5.91 Å². The molecule has 1 saturated heterocycles. The molecule has 1 fully saturated rings. The minimum absolute atomic E-state index is 0.280.